The molecule has 0 aromatic heterocycles. The second kappa shape index (κ2) is 19.4. The smallest absolute Gasteiger partial charge is 0.870 e. The van der Waals surface area contributed by atoms with Crippen LogP contribution in [0.1, 0.15) is 20.8 Å². The van der Waals surface area contributed by atoms with Crippen molar-refractivity contribution in [2.45, 2.75) is 40.4 Å². The SMILES string of the molecule is CC1=CC1CNCC(=O)O.COC(=O)CNCC1C(C)=C1[Si](C)(C)C.COC(=O)CNCC1C=C1C.[K+].[OH-]. The molecule has 3 unspecified atom stereocenters. The number of carboxylic acid groups (broad SMARTS) is 1. The number of carbonyl (C=O) groups excluding carboxylic acids is 2. The molecule has 0 fully saturated rings. The van der Waals surface area contributed by atoms with Crippen molar-refractivity contribution < 1.29 is 85.8 Å². The molecular formula is C26H46KN3O7Si. The van der Waals surface area contributed by atoms with E-state index in [2.05, 4.69) is 71.1 Å². The van der Waals surface area contributed by atoms with Gasteiger partial charge in [-0.3, -0.25) is 14.4 Å². The van der Waals surface area contributed by atoms with Crippen LogP contribution in [0.4, 0.5) is 0 Å². The van der Waals surface area contributed by atoms with Crippen molar-refractivity contribution in [2.75, 3.05) is 53.5 Å². The number of rotatable bonds is 13. The fourth-order valence-electron chi connectivity index (χ4n) is 3.87. The zero-order chi connectivity index (χ0) is 27.5. The van der Waals surface area contributed by atoms with Crippen molar-refractivity contribution in [3.8, 4) is 0 Å². The van der Waals surface area contributed by atoms with Gasteiger partial charge in [0.15, 0.2) is 0 Å². The van der Waals surface area contributed by atoms with E-state index in [4.69, 9.17) is 5.11 Å². The minimum absolute atomic E-state index is 0. The van der Waals surface area contributed by atoms with E-state index in [1.807, 2.05) is 6.92 Å². The molecule has 0 spiro atoms. The summed E-state index contributed by atoms with van der Waals surface area (Å²) < 4.78 is 9.03. The molecule has 38 heavy (non-hydrogen) atoms. The van der Waals surface area contributed by atoms with Crippen LogP contribution in [0.3, 0.4) is 0 Å². The first kappa shape index (κ1) is 39.5. The van der Waals surface area contributed by atoms with E-state index in [9.17, 15) is 14.4 Å². The summed E-state index contributed by atoms with van der Waals surface area (Å²) >= 11 is 0. The van der Waals surface area contributed by atoms with Crippen molar-refractivity contribution in [3.63, 3.8) is 0 Å². The predicted octanol–water partition coefficient (Wildman–Crippen LogP) is -1.04. The van der Waals surface area contributed by atoms with Crippen LogP contribution >= 0.6 is 0 Å². The van der Waals surface area contributed by atoms with Crippen molar-refractivity contribution in [1.82, 2.24) is 16.0 Å². The van der Waals surface area contributed by atoms with E-state index < -0.39 is 14.0 Å². The van der Waals surface area contributed by atoms with E-state index in [1.165, 1.54) is 30.9 Å². The van der Waals surface area contributed by atoms with Gasteiger partial charge in [-0.1, -0.05) is 53.7 Å². The molecule has 212 valence electrons. The van der Waals surface area contributed by atoms with Gasteiger partial charge in [-0.15, -0.1) is 0 Å². The summed E-state index contributed by atoms with van der Waals surface area (Å²) in [4.78, 5) is 31.5. The van der Waals surface area contributed by atoms with E-state index in [1.54, 1.807) is 5.20 Å². The van der Waals surface area contributed by atoms with Crippen LogP contribution in [0.15, 0.2) is 34.1 Å². The Labute approximate surface area is 271 Å². The number of hydrogen-bond acceptors (Lipinski definition) is 9. The normalized spacial score (nSPS) is 19.9. The Hall–Kier alpha value is -0.677. The van der Waals surface area contributed by atoms with Gasteiger partial charge in [-0.05, 0) is 20.8 Å². The van der Waals surface area contributed by atoms with E-state index in [0.29, 0.717) is 30.8 Å². The number of nitrogens with one attached hydrogen (secondary N) is 3. The molecule has 0 heterocycles. The Morgan fingerprint density at radius 3 is 1.47 bits per heavy atom. The van der Waals surface area contributed by atoms with Crippen LogP contribution < -0.4 is 67.3 Å². The number of aliphatic carboxylic acids is 1. The number of ether oxygens (including phenoxy) is 2. The Bertz CT molecular complexity index is 885. The molecule has 3 rings (SSSR count). The molecular weight excluding hydrogens is 533 g/mol. The summed E-state index contributed by atoms with van der Waals surface area (Å²) in [7, 11) is 1.70. The van der Waals surface area contributed by atoms with Crippen LogP contribution in [-0.4, -0.2) is 90.1 Å². The van der Waals surface area contributed by atoms with Crippen LogP contribution in [0.25, 0.3) is 0 Å². The summed E-state index contributed by atoms with van der Waals surface area (Å²) in [6.07, 6.45) is 4.29. The van der Waals surface area contributed by atoms with Gasteiger partial charge in [0.05, 0.1) is 41.9 Å². The number of methoxy groups -OCH3 is 2. The first-order chi connectivity index (χ1) is 16.8. The van der Waals surface area contributed by atoms with Crippen LogP contribution in [0.5, 0.6) is 0 Å². The molecule has 3 atom stereocenters. The van der Waals surface area contributed by atoms with Gasteiger partial charge in [0.2, 0.25) is 0 Å². The Morgan fingerprint density at radius 2 is 1.18 bits per heavy atom. The van der Waals surface area contributed by atoms with Gasteiger partial charge in [0, 0.05) is 37.4 Å². The molecule has 3 aliphatic rings. The minimum Gasteiger partial charge on any atom is -0.870 e. The third kappa shape index (κ3) is 17.1. The summed E-state index contributed by atoms with van der Waals surface area (Å²) in [6.45, 7) is 16.7. The standard InChI is InChI=1S/C11H21NO2Si.C8H13NO2.C7H11NO2.K.H2O/c1-8-9(11(8)15(3,4)5)6-12-7-10(13)14-2;1-6-3-7(6)4-9-5-8(10)11-2;1-5-2-6(5)3-8-4-7(9)10;;/h9,12H,6-7H2,1-5H3;3,7,9H,4-5H2,1-2H3;2,6,8H,3-4H2,1H3,(H,9,10);;1H2/q;;;+1;/p-1. The van der Waals surface area contributed by atoms with E-state index >= 15 is 0 Å². The van der Waals surface area contributed by atoms with Gasteiger partial charge < -0.3 is 36.0 Å². The van der Waals surface area contributed by atoms with Gasteiger partial charge >= 0.3 is 69.3 Å². The zero-order valence-electron chi connectivity index (χ0n) is 24.6. The van der Waals surface area contributed by atoms with E-state index in [-0.39, 0.29) is 75.3 Å². The molecule has 0 amide bonds. The molecule has 3 aliphatic carbocycles. The summed E-state index contributed by atoms with van der Waals surface area (Å²) in [5.74, 6) is 0.532. The maximum Gasteiger partial charge on any atom is 1.00 e. The molecule has 12 heteroatoms. The second-order valence-corrected chi connectivity index (χ2v) is 15.4. The molecule has 0 aromatic carbocycles. The van der Waals surface area contributed by atoms with Crippen molar-refractivity contribution in [1.29, 1.82) is 0 Å². The van der Waals surface area contributed by atoms with Crippen LogP contribution in [0, 0.1) is 17.8 Å². The third-order valence-electron chi connectivity index (χ3n) is 6.25. The maximum atomic E-state index is 10.9. The molecule has 0 bridgehead atoms. The molecule has 5 N–H and O–H groups in total. The first-order valence-corrected chi connectivity index (χ1v) is 15.9. The van der Waals surface area contributed by atoms with Crippen LogP contribution in [-0.2, 0) is 23.9 Å². The molecule has 0 aliphatic heterocycles. The topological polar surface area (TPSA) is 156 Å². The van der Waals surface area contributed by atoms with Crippen molar-refractivity contribution in [2.24, 2.45) is 17.8 Å². The average molecular weight is 580 g/mol. The van der Waals surface area contributed by atoms with Crippen molar-refractivity contribution >= 4 is 26.0 Å². The summed E-state index contributed by atoms with van der Waals surface area (Å²) in [5.41, 5.74) is 4.30. The molecule has 0 radical (unpaired) electrons. The molecule has 0 aromatic rings. The molecule has 10 nitrogen and oxygen atoms in total. The van der Waals surface area contributed by atoms with Gasteiger partial charge in [0.1, 0.15) is 0 Å². The third-order valence-corrected chi connectivity index (χ3v) is 8.61. The first-order valence-electron chi connectivity index (χ1n) is 12.4. The maximum absolute atomic E-state index is 10.9. The Kier molecular flexibility index (Phi) is 20.2. The average Bonchev–Trinajstić information content (AvgIpc) is 3.74. The van der Waals surface area contributed by atoms with Gasteiger partial charge in [-0.25, -0.2) is 0 Å². The Balaban J connectivity index is 0. The number of hydrogen-bond donors (Lipinski definition) is 4. The number of carboxylic acids is 1. The van der Waals surface area contributed by atoms with Gasteiger partial charge in [0.25, 0.3) is 0 Å². The molecule has 0 saturated heterocycles. The largest absolute Gasteiger partial charge is 1.00 e. The predicted molar refractivity (Wildman–Crippen MR) is 146 cm³/mol. The van der Waals surface area contributed by atoms with Gasteiger partial charge in [-0.2, -0.15) is 0 Å². The monoisotopic (exact) mass is 579 g/mol. The zero-order valence-corrected chi connectivity index (χ0v) is 28.7. The fourth-order valence-corrected chi connectivity index (χ4v) is 6.52. The van der Waals surface area contributed by atoms with Crippen molar-refractivity contribution in [3.05, 3.63) is 34.1 Å². The number of carbonyl (C=O) groups is 3. The van der Waals surface area contributed by atoms with E-state index in [0.717, 1.165) is 19.6 Å². The second-order valence-electron chi connectivity index (χ2n) is 10.4. The molecule has 0 saturated carbocycles. The summed E-state index contributed by atoms with van der Waals surface area (Å²) in [6, 6.07) is 0. The van der Waals surface area contributed by atoms with Crippen LogP contribution in [0.2, 0.25) is 19.6 Å². The quantitative estimate of drug-likeness (QED) is 0.121. The summed E-state index contributed by atoms with van der Waals surface area (Å²) in [5, 5.41) is 18.9. The number of esters is 2. The fraction of sp³-hybridized carbons (Fsp3) is 0.654. The Morgan fingerprint density at radius 1 is 0.816 bits per heavy atom. The minimum atomic E-state index is -1.11.